The van der Waals surface area contributed by atoms with E-state index in [0.29, 0.717) is 0 Å². The van der Waals surface area contributed by atoms with Crippen LogP contribution in [0.1, 0.15) is 33.6 Å². The highest BCUT2D eigenvalue weighted by atomic mass is 35.5. The summed E-state index contributed by atoms with van der Waals surface area (Å²) >= 11 is 5.77. The second-order valence-electron chi connectivity index (χ2n) is 4.41. The lowest BCUT2D eigenvalue weighted by molar-refractivity contribution is 0.0481. The Labute approximate surface area is 83.8 Å². The molecule has 0 atom stereocenters. The van der Waals surface area contributed by atoms with Crippen LogP contribution in [0.4, 0.5) is 4.79 Å². The van der Waals surface area contributed by atoms with Gasteiger partial charge in [-0.15, -0.1) is 11.6 Å². The predicted molar refractivity (Wildman–Crippen MR) is 52.0 cm³/mol. The number of ether oxygens (including phenoxy) is 1. The minimum Gasteiger partial charge on any atom is -0.444 e. The fourth-order valence-electron chi connectivity index (χ4n) is 1.14. The van der Waals surface area contributed by atoms with Gasteiger partial charge in [0.1, 0.15) is 5.60 Å². The summed E-state index contributed by atoms with van der Waals surface area (Å²) in [7, 11) is 0. The summed E-state index contributed by atoms with van der Waals surface area (Å²) in [6.45, 7) is 5.53. The van der Waals surface area contributed by atoms with Gasteiger partial charge in [0.15, 0.2) is 0 Å². The zero-order valence-electron chi connectivity index (χ0n) is 8.26. The van der Waals surface area contributed by atoms with Gasteiger partial charge >= 0.3 is 6.09 Å². The highest BCUT2D eigenvalue weighted by Gasteiger charge is 2.29. The molecule has 0 aromatic rings. The number of amides is 1. The van der Waals surface area contributed by atoms with Gasteiger partial charge in [-0.05, 0) is 33.6 Å². The Hall–Kier alpha value is -0.440. The van der Waals surface area contributed by atoms with Gasteiger partial charge in [-0.3, -0.25) is 0 Å². The van der Waals surface area contributed by atoms with Crippen LogP contribution in [0.2, 0.25) is 0 Å². The molecule has 4 heteroatoms. The number of nitrogens with one attached hydrogen (secondary N) is 1. The first-order valence-electron chi connectivity index (χ1n) is 4.50. The van der Waals surface area contributed by atoms with E-state index in [9.17, 15) is 4.79 Å². The topological polar surface area (TPSA) is 38.3 Å². The van der Waals surface area contributed by atoms with Crippen molar-refractivity contribution >= 4 is 17.7 Å². The molecule has 0 aromatic heterocycles. The molecular weight excluding hydrogens is 190 g/mol. The number of halogens is 1. The summed E-state index contributed by atoms with van der Waals surface area (Å²) in [4.78, 5) is 11.2. The van der Waals surface area contributed by atoms with E-state index in [1.165, 1.54) is 0 Å². The molecule has 13 heavy (non-hydrogen) atoms. The summed E-state index contributed by atoms with van der Waals surface area (Å²) < 4.78 is 5.09. The summed E-state index contributed by atoms with van der Waals surface area (Å²) in [5, 5.41) is 2.98. The molecule has 0 spiro atoms. The van der Waals surface area contributed by atoms with Gasteiger partial charge in [0.25, 0.3) is 0 Å². The molecule has 1 aliphatic rings. The smallest absolute Gasteiger partial charge is 0.407 e. The summed E-state index contributed by atoms with van der Waals surface area (Å²) in [6, 6.07) is 0.206. The van der Waals surface area contributed by atoms with E-state index in [0.717, 1.165) is 12.8 Å². The molecule has 76 valence electrons. The van der Waals surface area contributed by atoms with Crippen molar-refractivity contribution in [1.29, 1.82) is 0 Å². The van der Waals surface area contributed by atoms with Crippen LogP contribution in [0.3, 0.4) is 0 Å². The lowest BCUT2D eigenvalue weighted by atomic mass is 9.93. The minimum atomic E-state index is -0.422. The van der Waals surface area contributed by atoms with Crippen LogP contribution in [0, 0.1) is 0 Å². The number of alkyl carbamates (subject to hydrolysis) is 1. The molecule has 0 heterocycles. The molecule has 0 unspecified atom stereocenters. The predicted octanol–water partition coefficient (Wildman–Crippen LogP) is 2.28. The lowest BCUT2D eigenvalue weighted by Gasteiger charge is -2.32. The molecule has 1 N–H and O–H groups in total. The normalized spacial score (nSPS) is 27.7. The summed E-state index contributed by atoms with van der Waals surface area (Å²) in [5.74, 6) is 0. The van der Waals surface area contributed by atoms with Gasteiger partial charge < -0.3 is 10.1 Å². The third-order valence-corrected chi connectivity index (χ3v) is 2.16. The summed E-state index contributed by atoms with van der Waals surface area (Å²) in [6.07, 6.45) is 1.35. The standard InChI is InChI=1S/C9H16ClNO2/c1-9(2,3)13-8(12)11-7-4-6(10)5-7/h6-7H,4-5H2,1-3H3,(H,11,12). The number of alkyl halides is 1. The fraction of sp³-hybridized carbons (Fsp3) is 0.889. The molecule has 0 aliphatic heterocycles. The Morgan fingerprint density at radius 2 is 2.00 bits per heavy atom. The highest BCUT2D eigenvalue weighted by molar-refractivity contribution is 6.21. The van der Waals surface area contributed by atoms with Crippen LogP contribution >= 0.6 is 11.6 Å². The van der Waals surface area contributed by atoms with Crippen molar-refractivity contribution in [3.05, 3.63) is 0 Å². The SMILES string of the molecule is CC(C)(C)OC(=O)NC1CC(Cl)C1. The average Bonchev–Trinajstić information content (AvgIpc) is 1.79. The zero-order valence-corrected chi connectivity index (χ0v) is 9.02. The Morgan fingerprint density at radius 1 is 1.46 bits per heavy atom. The number of carbonyl (C=O) groups is 1. The third-order valence-electron chi connectivity index (χ3n) is 1.80. The van der Waals surface area contributed by atoms with E-state index >= 15 is 0 Å². The van der Waals surface area contributed by atoms with Crippen LogP contribution in [0.15, 0.2) is 0 Å². The van der Waals surface area contributed by atoms with E-state index in [2.05, 4.69) is 5.32 Å². The first kappa shape index (κ1) is 10.6. The molecule has 0 aromatic carbocycles. The van der Waals surface area contributed by atoms with Gasteiger partial charge in [-0.2, -0.15) is 0 Å². The maximum absolute atomic E-state index is 11.2. The van der Waals surface area contributed by atoms with Crippen LogP contribution in [-0.4, -0.2) is 23.1 Å². The molecular formula is C9H16ClNO2. The van der Waals surface area contributed by atoms with Crippen molar-refractivity contribution in [2.24, 2.45) is 0 Å². The van der Waals surface area contributed by atoms with Gasteiger partial charge in [0.2, 0.25) is 0 Å². The fourth-order valence-corrected chi connectivity index (χ4v) is 1.57. The monoisotopic (exact) mass is 205 g/mol. The molecule has 1 saturated carbocycles. The molecule has 0 radical (unpaired) electrons. The molecule has 1 fully saturated rings. The van der Waals surface area contributed by atoms with E-state index in [1.54, 1.807) is 0 Å². The Kier molecular flexibility index (Phi) is 3.06. The van der Waals surface area contributed by atoms with Gasteiger partial charge in [0, 0.05) is 11.4 Å². The van der Waals surface area contributed by atoms with Crippen molar-refractivity contribution in [2.45, 2.75) is 50.6 Å². The molecule has 1 rings (SSSR count). The first-order chi connectivity index (χ1) is 5.87. The molecule has 0 saturated heterocycles. The molecule has 1 aliphatic carbocycles. The second kappa shape index (κ2) is 3.74. The Balaban J connectivity index is 2.19. The second-order valence-corrected chi connectivity index (χ2v) is 5.03. The zero-order chi connectivity index (χ0) is 10.1. The number of rotatable bonds is 1. The van der Waals surface area contributed by atoms with Crippen molar-refractivity contribution < 1.29 is 9.53 Å². The van der Waals surface area contributed by atoms with Crippen molar-refractivity contribution in [3.63, 3.8) is 0 Å². The van der Waals surface area contributed by atoms with E-state index in [-0.39, 0.29) is 17.5 Å². The van der Waals surface area contributed by atoms with Crippen LogP contribution in [0.25, 0.3) is 0 Å². The highest BCUT2D eigenvalue weighted by Crippen LogP contribution is 2.25. The number of hydrogen-bond donors (Lipinski definition) is 1. The Morgan fingerprint density at radius 3 is 2.38 bits per heavy atom. The average molecular weight is 206 g/mol. The van der Waals surface area contributed by atoms with Crippen LogP contribution < -0.4 is 5.32 Å². The van der Waals surface area contributed by atoms with Gasteiger partial charge in [0.05, 0.1) is 0 Å². The molecule has 0 bridgehead atoms. The minimum absolute atomic E-state index is 0.206. The Bertz CT molecular complexity index is 194. The van der Waals surface area contributed by atoms with E-state index in [4.69, 9.17) is 16.3 Å². The number of hydrogen-bond acceptors (Lipinski definition) is 2. The van der Waals surface area contributed by atoms with Crippen molar-refractivity contribution in [3.8, 4) is 0 Å². The molecule has 1 amide bonds. The van der Waals surface area contributed by atoms with Crippen LogP contribution in [0.5, 0.6) is 0 Å². The third kappa shape index (κ3) is 3.85. The molecule has 3 nitrogen and oxygen atoms in total. The quantitative estimate of drug-likeness (QED) is 0.667. The maximum atomic E-state index is 11.2. The van der Waals surface area contributed by atoms with E-state index < -0.39 is 5.60 Å². The summed E-state index contributed by atoms with van der Waals surface area (Å²) in [5.41, 5.74) is -0.422. The number of carbonyl (C=O) groups excluding carboxylic acids is 1. The van der Waals surface area contributed by atoms with Crippen molar-refractivity contribution in [2.75, 3.05) is 0 Å². The van der Waals surface area contributed by atoms with Crippen LogP contribution in [-0.2, 0) is 4.74 Å². The largest absolute Gasteiger partial charge is 0.444 e. The van der Waals surface area contributed by atoms with Crippen molar-refractivity contribution in [1.82, 2.24) is 5.32 Å². The van der Waals surface area contributed by atoms with Gasteiger partial charge in [-0.25, -0.2) is 4.79 Å². The lowest BCUT2D eigenvalue weighted by Crippen LogP contribution is -2.46. The van der Waals surface area contributed by atoms with Gasteiger partial charge in [-0.1, -0.05) is 0 Å². The first-order valence-corrected chi connectivity index (χ1v) is 4.94. The van der Waals surface area contributed by atoms with E-state index in [1.807, 2.05) is 20.8 Å². The maximum Gasteiger partial charge on any atom is 0.407 e.